The lowest BCUT2D eigenvalue weighted by atomic mass is 10.0. The lowest BCUT2D eigenvalue weighted by Crippen LogP contribution is -2.34. The molecule has 6 nitrogen and oxygen atoms in total. The molecule has 0 fully saturated rings. The zero-order valence-electron chi connectivity index (χ0n) is 14.7. The quantitative estimate of drug-likeness (QED) is 0.853. The van der Waals surface area contributed by atoms with E-state index in [0.29, 0.717) is 16.3 Å². The molecule has 1 heterocycles. The van der Waals surface area contributed by atoms with Gasteiger partial charge in [0.1, 0.15) is 0 Å². The second-order valence-corrected chi connectivity index (χ2v) is 6.79. The molecule has 0 bridgehead atoms. The lowest BCUT2D eigenvalue weighted by molar-refractivity contribution is -0.141. The van der Waals surface area contributed by atoms with Crippen LogP contribution in [-0.2, 0) is 4.79 Å². The van der Waals surface area contributed by atoms with Gasteiger partial charge in [-0.05, 0) is 18.1 Å². The summed E-state index contributed by atoms with van der Waals surface area (Å²) in [6.07, 6.45) is 1.52. The van der Waals surface area contributed by atoms with Gasteiger partial charge < -0.3 is 10.0 Å². The first kappa shape index (κ1) is 19.0. The summed E-state index contributed by atoms with van der Waals surface area (Å²) in [4.78, 5) is 25.2. The molecular formula is C18H22ClN3O3. The minimum absolute atomic E-state index is 0.0306. The van der Waals surface area contributed by atoms with E-state index in [1.54, 1.807) is 24.7 Å². The van der Waals surface area contributed by atoms with Crippen LogP contribution < -0.4 is 0 Å². The molecule has 0 saturated heterocycles. The number of carboxylic acid groups (broad SMARTS) is 1. The van der Waals surface area contributed by atoms with Crippen molar-refractivity contribution in [3.05, 3.63) is 46.7 Å². The molecular weight excluding hydrogens is 342 g/mol. The van der Waals surface area contributed by atoms with Gasteiger partial charge in [0.25, 0.3) is 5.91 Å². The van der Waals surface area contributed by atoms with Gasteiger partial charge in [0, 0.05) is 13.6 Å². The van der Waals surface area contributed by atoms with Crippen LogP contribution in [0.5, 0.6) is 0 Å². The van der Waals surface area contributed by atoms with Crippen molar-refractivity contribution in [2.45, 2.75) is 26.7 Å². The van der Waals surface area contributed by atoms with Crippen molar-refractivity contribution < 1.29 is 14.7 Å². The zero-order chi connectivity index (χ0) is 18.7. The topological polar surface area (TPSA) is 75.4 Å². The number of aliphatic carboxylic acids is 1. The van der Waals surface area contributed by atoms with E-state index in [-0.39, 0.29) is 18.4 Å². The van der Waals surface area contributed by atoms with Gasteiger partial charge in [0.2, 0.25) is 0 Å². The average molecular weight is 364 g/mol. The number of carbonyl (C=O) groups excluding carboxylic acids is 1. The maximum absolute atomic E-state index is 12.8. The Hall–Kier alpha value is -2.34. The maximum atomic E-state index is 12.8. The van der Waals surface area contributed by atoms with Crippen LogP contribution in [0.15, 0.2) is 30.5 Å². The number of halogens is 1. The van der Waals surface area contributed by atoms with E-state index in [4.69, 9.17) is 16.7 Å². The molecule has 25 heavy (non-hydrogen) atoms. The van der Waals surface area contributed by atoms with Gasteiger partial charge in [-0.25, -0.2) is 4.68 Å². The number of benzene rings is 1. The Labute approximate surface area is 152 Å². The molecule has 0 aliphatic carbocycles. The third-order valence-electron chi connectivity index (χ3n) is 3.98. The summed E-state index contributed by atoms with van der Waals surface area (Å²) in [5.41, 5.74) is 1.90. The molecule has 1 atom stereocenters. The largest absolute Gasteiger partial charge is 0.481 e. The zero-order valence-corrected chi connectivity index (χ0v) is 15.5. The summed E-state index contributed by atoms with van der Waals surface area (Å²) in [5.74, 6) is -1.80. The molecule has 1 unspecified atom stereocenters. The monoisotopic (exact) mass is 363 g/mol. The molecule has 134 valence electrons. The Morgan fingerprint density at radius 2 is 1.92 bits per heavy atom. The summed E-state index contributed by atoms with van der Waals surface area (Å²) in [6.45, 7) is 5.65. The van der Waals surface area contributed by atoms with Crippen molar-refractivity contribution in [1.82, 2.24) is 14.7 Å². The highest BCUT2D eigenvalue weighted by Gasteiger charge is 2.25. The second kappa shape index (κ2) is 7.70. The van der Waals surface area contributed by atoms with Crippen molar-refractivity contribution in [3.63, 3.8) is 0 Å². The lowest BCUT2D eigenvalue weighted by Gasteiger charge is -2.20. The first-order valence-corrected chi connectivity index (χ1v) is 8.42. The van der Waals surface area contributed by atoms with Gasteiger partial charge >= 0.3 is 5.97 Å². The van der Waals surface area contributed by atoms with E-state index in [1.165, 1.54) is 11.1 Å². The van der Waals surface area contributed by atoms with E-state index < -0.39 is 11.9 Å². The first-order chi connectivity index (χ1) is 11.7. The average Bonchev–Trinajstić information content (AvgIpc) is 2.99. The summed E-state index contributed by atoms with van der Waals surface area (Å²) in [7, 11) is 1.60. The Bertz CT molecular complexity index is 786. The first-order valence-electron chi connectivity index (χ1n) is 8.05. The number of carbonyl (C=O) groups is 2. The van der Waals surface area contributed by atoms with E-state index in [0.717, 1.165) is 5.69 Å². The number of para-hydroxylation sites is 1. The van der Waals surface area contributed by atoms with Gasteiger partial charge in [-0.2, -0.15) is 5.10 Å². The molecule has 2 aromatic rings. The molecule has 0 saturated carbocycles. The highest BCUT2D eigenvalue weighted by atomic mass is 35.5. The molecule has 0 radical (unpaired) electrons. The second-order valence-electron chi connectivity index (χ2n) is 6.39. The predicted octanol–water partition coefficient (Wildman–Crippen LogP) is 3.44. The van der Waals surface area contributed by atoms with Gasteiger partial charge in [-0.15, -0.1) is 0 Å². The number of aromatic nitrogens is 2. The van der Waals surface area contributed by atoms with Crippen LogP contribution in [0.4, 0.5) is 0 Å². The number of carboxylic acids is 1. The van der Waals surface area contributed by atoms with Gasteiger partial charge in [-0.1, -0.05) is 44.5 Å². The molecule has 1 amide bonds. The molecule has 1 aromatic heterocycles. The molecule has 0 aliphatic heterocycles. The van der Waals surface area contributed by atoms with Crippen LogP contribution in [0.3, 0.4) is 0 Å². The summed E-state index contributed by atoms with van der Waals surface area (Å²) in [6, 6.07) is 7.29. The third kappa shape index (κ3) is 4.02. The fourth-order valence-electron chi connectivity index (χ4n) is 2.67. The summed E-state index contributed by atoms with van der Waals surface area (Å²) < 4.78 is 1.68. The van der Waals surface area contributed by atoms with E-state index in [2.05, 4.69) is 5.10 Å². The number of nitrogens with zero attached hydrogens (tertiary/aromatic N) is 3. The minimum Gasteiger partial charge on any atom is -0.481 e. The fourth-order valence-corrected chi connectivity index (χ4v) is 2.89. The molecule has 1 N–H and O–H groups in total. The fraction of sp³-hybridized carbons (Fsp3) is 0.389. The summed E-state index contributed by atoms with van der Waals surface area (Å²) >= 11 is 6.27. The van der Waals surface area contributed by atoms with Crippen molar-refractivity contribution in [2.75, 3.05) is 13.6 Å². The Kier molecular flexibility index (Phi) is 5.85. The Morgan fingerprint density at radius 3 is 2.48 bits per heavy atom. The molecule has 7 heteroatoms. The van der Waals surface area contributed by atoms with Crippen molar-refractivity contribution in [2.24, 2.45) is 5.92 Å². The third-order valence-corrected chi connectivity index (χ3v) is 4.30. The number of rotatable bonds is 6. The SMILES string of the molecule is CC(CN(C)C(=O)c1cnn(-c2ccccc2Cl)c1C(C)C)C(=O)O. The van der Waals surface area contributed by atoms with Gasteiger partial charge in [0.15, 0.2) is 0 Å². The van der Waals surface area contributed by atoms with E-state index in [9.17, 15) is 9.59 Å². The van der Waals surface area contributed by atoms with Crippen LogP contribution in [0.1, 0.15) is 42.7 Å². The number of amides is 1. The number of hydrogen-bond donors (Lipinski definition) is 1. The van der Waals surface area contributed by atoms with E-state index in [1.807, 2.05) is 32.0 Å². The molecule has 2 rings (SSSR count). The molecule has 0 spiro atoms. The molecule has 1 aromatic carbocycles. The Balaban J connectivity index is 2.41. The number of hydrogen-bond acceptors (Lipinski definition) is 3. The van der Waals surface area contributed by atoms with E-state index >= 15 is 0 Å². The smallest absolute Gasteiger partial charge is 0.308 e. The minimum atomic E-state index is -0.935. The van der Waals surface area contributed by atoms with Gasteiger partial charge in [-0.3, -0.25) is 9.59 Å². The van der Waals surface area contributed by atoms with Crippen LogP contribution >= 0.6 is 11.6 Å². The maximum Gasteiger partial charge on any atom is 0.308 e. The van der Waals surface area contributed by atoms with Crippen LogP contribution in [0.25, 0.3) is 5.69 Å². The Morgan fingerprint density at radius 1 is 1.28 bits per heavy atom. The van der Waals surface area contributed by atoms with Crippen LogP contribution in [0.2, 0.25) is 5.02 Å². The highest BCUT2D eigenvalue weighted by molar-refractivity contribution is 6.32. The van der Waals surface area contributed by atoms with Crippen molar-refractivity contribution in [1.29, 1.82) is 0 Å². The standard InChI is InChI=1S/C18H22ClN3O3/c1-11(2)16-13(17(23)21(4)10-12(3)18(24)25)9-20-22(16)15-8-6-5-7-14(15)19/h5-9,11-12H,10H2,1-4H3,(H,24,25). The van der Waals surface area contributed by atoms with Crippen LogP contribution in [0, 0.1) is 5.92 Å². The van der Waals surface area contributed by atoms with Gasteiger partial charge in [0.05, 0.1) is 34.1 Å². The predicted molar refractivity (Wildman–Crippen MR) is 96.4 cm³/mol. The van der Waals surface area contributed by atoms with Crippen molar-refractivity contribution >= 4 is 23.5 Å². The highest BCUT2D eigenvalue weighted by Crippen LogP contribution is 2.27. The van der Waals surface area contributed by atoms with Crippen molar-refractivity contribution in [3.8, 4) is 5.69 Å². The summed E-state index contributed by atoms with van der Waals surface area (Å²) in [5, 5.41) is 13.9. The normalized spacial score (nSPS) is 12.2. The van der Waals surface area contributed by atoms with Crippen LogP contribution in [-0.4, -0.2) is 45.3 Å². The molecule has 0 aliphatic rings.